The van der Waals surface area contributed by atoms with Crippen molar-refractivity contribution in [2.75, 3.05) is 26.2 Å². The number of amides is 2. The highest BCUT2D eigenvalue weighted by molar-refractivity contribution is 5.81. The number of carbonyl (C=O) groups is 2. The molecule has 0 aromatic carbocycles. The van der Waals surface area contributed by atoms with Crippen LogP contribution >= 0.6 is 0 Å². The molecule has 1 atom stereocenters. The molecule has 1 aromatic heterocycles. The smallest absolute Gasteiger partial charge is 0.226 e. The van der Waals surface area contributed by atoms with Gasteiger partial charge in [-0.25, -0.2) is 0 Å². The molecule has 8 nitrogen and oxygen atoms in total. The Hall–Kier alpha value is -1.96. The van der Waals surface area contributed by atoms with E-state index < -0.39 is 0 Å². The fraction of sp³-hybridized carbons (Fsp3) is 0.800. The van der Waals surface area contributed by atoms with Crippen LogP contribution in [0.2, 0.25) is 0 Å². The molecule has 0 radical (unpaired) electrons. The molecule has 28 heavy (non-hydrogen) atoms. The number of aryl methyl sites for hydroxylation is 1. The van der Waals surface area contributed by atoms with Crippen molar-refractivity contribution in [1.29, 1.82) is 0 Å². The van der Waals surface area contributed by atoms with E-state index in [2.05, 4.69) is 25.3 Å². The number of likely N-dealkylation sites (tertiary alicyclic amines) is 2. The van der Waals surface area contributed by atoms with Gasteiger partial charge in [-0.3, -0.25) is 14.5 Å². The summed E-state index contributed by atoms with van der Waals surface area (Å²) in [7, 11) is 0. The summed E-state index contributed by atoms with van der Waals surface area (Å²) in [6.07, 6.45) is 6.86. The zero-order chi connectivity index (χ0) is 19.5. The molecule has 8 heteroatoms. The first-order valence-corrected chi connectivity index (χ1v) is 10.8. The Kier molecular flexibility index (Phi) is 5.94. The number of hydrogen-bond donors (Lipinski definition) is 1. The lowest BCUT2D eigenvalue weighted by atomic mass is 9.93. The highest BCUT2D eigenvalue weighted by Crippen LogP contribution is 2.32. The highest BCUT2D eigenvalue weighted by atomic mass is 16.5. The van der Waals surface area contributed by atoms with Gasteiger partial charge in [-0.1, -0.05) is 12.1 Å². The molecule has 1 aliphatic carbocycles. The molecule has 3 fully saturated rings. The largest absolute Gasteiger partial charge is 0.348 e. The zero-order valence-corrected chi connectivity index (χ0v) is 16.7. The second-order valence-corrected chi connectivity index (χ2v) is 8.34. The van der Waals surface area contributed by atoms with Crippen molar-refractivity contribution in [3.8, 4) is 0 Å². The van der Waals surface area contributed by atoms with E-state index in [-0.39, 0.29) is 11.8 Å². The van der Waals surface area contributed by atoms with Gasteiger partial charge in [-0.05, 0) is 45.1 Å². The molecule has 1 aromatic rings. The molecule has 3 aliphatic rings. The third kappa shape index (κ3) is 4.54. The summed E-state index contributed by atoms with van der Waals surface area (Å²) in [4.78, 5) is 33.6. The summed E-state index contributed by atoms with van der Waals surface area (Å²) in [5.41, 5.74) is 0. The van der Waals surface area contributed by atoms with E-state index in [0.29, 0.717) is 42.5 Å². The van der Waals surface area contributed by atoms with Crippen LogP contribution < -0.4 is 5.32 Å². The van der Waals surface area contributed by atoms with Crippen LogP contribution in [-0.2, 0) is 22.6 Å². The lowest BCUT2D eigenvalue weighted by molar-refractivity contribution is -0.134. The molecule has 0 unspecified atom stereocenters. The molecule has 2 amide bonds. The van der Waals surface area contributed by atoms with E-state index in [4.69, 9.17) is 4.52 Å². The summed E-state index contributed by atoms with van der Waals surface area (Å²) >= 11 is 0. The van der Waals surface area contributed by atoms with Crippen LogP contribution in [0, 0.1) is 11.8 Å². The fourth-order valence-electron chi connectivity index (χ4n) is 4.41. The minimum absolute atomic E-state index is 0.0115. The van der Waals surface area contributed by atoms with Crippen molar-refractivity contribution in [3.63, 3.8) is 0 Å². The third-order valence-corrected chi connectivity index (χ3v) is 6.28. The van der Waals surface area contributed by atoms with Gasteiger partial charge in [-0.15, -0.1) is 0 Å². The van der Waals surface area contributed by atoms with E-state index in [9.17, 15) is 9.59 Å². The molecular formula is C20H31N5O3. The van der Waals surface area contributed by atoms with Gasteiger partial charge in [0, 0.05) is 38.0 Å². The summed E-state index contributed by atoms with van der Waals surface area (Å²) in [5, 5.41) is 6.85. The quantitative estimate of drug-likeness (QED) is 0.790. The Morgan fingerprint density at radius 2 is 1.89 bits per heavy atom. The topological polar surface area (TPSA) is 91.6 Å². The van der Waals surface area contributed by atoms with Crippen molar-refractivity contribution in [1.82, 2.24) is 25.3 Å². The second kappa shape index (κ2) is 8.59. The SMILES string of the molecule is CCc1nc(CNC(=O)[C@H]2CCCN(C3CCN(C(=O)C4CC4)CC3)C2)no1. The Balaban J connectivity index is 1.23. The number of aromatic nitrogens is 2. The van der Waals surface area contributed by atoms with E-state index in [0.717, 1.165) is 64.7 Å². The average Bonchev–Trinajstić information content (AvgIpc) is 3.49. The van der Waals surface area contributed by atoms with Crippen LogP contribution in [-0.4, -0.2) is 64.0 Å². The highest BCUT2D eigenvalue weighted by Gasteiger charge is 2.37. The Morgan fingerprint density at radius 1 is 1.11 bits per heavy atom. The average molecular weight is 390 g/mol. The van der Waals surface area contributed by atoms with Crippen molar-refractivity contribution < 1.29 is 14.1 Å². The number of carbonyl (C=O) groups excluding carboxylic acids is 2. The Bertz CT molecular complexity index is 694. The van der Waals surface area contributed by atoms with Gasteiger partial charge in [0.05, 0.1) is 12.5 Å². The van der Waals surface area contributed by atoms with Gasteiger partial charge in [0.15, 0.2) is 5.82 Å². The van der Waals surface area contributed by atoms with E-state index >= 15 is 0 Å². The third-order valence-electron chi connectivity index (χ3n) is 6.28. The lowest BCUT2D eigenvalue weighted by Crippen LogP contribution is -2.51. The van der Waals surface area contributed by atoms with E-state index in [1.807, 2.05) is 6.92 Å². The van der Waals surface area contributed by atoms with Gasteiger partial charge in [-0.2, -0.15) is 4.98 Å². The molecule has 1 N–H and O–H groups in total. The molecule has 0 bridgehead atoms. The standard InChI is InChI=1S/C20H31N5O3/c1-2-18-22-17(23-28-18)12-21-19(26)15-4-3-9-25(13-15)16-7-10-24(11-8-16)20(27)14-5-6-14/h14-16H,2-13H2,1H3,(H,21,26)/t15-/m0/s1. The van der Waals surface area contributed by atoms with E-state index in [1.165, 1.54) is 0 Å². The minimum Gasteiger partial charge on any atom is -0.348 e. The number of nitrogens with one attached hydrogen (secondary N) is 1. The minimum atomic E-state index is 0.0115. The number of rotatable bonds is 6. The number of piperidine rings is 2. The van der Waals surface area contributed by atoms with Crippen LogP contribution in [0.15, 0.2) is 4.52 Å². The first-order chi connectivity index (χ1) is 13.6. The van der Waals surface area contributed by atoms with Crippen LogP contribution in [0.1, 0.15) is 57.2 Å². The van der Waals surface area contributed by atoms with Crippen LogP contribution in [0.25, 0.3) is 0 Å². The van der Waals surface area contributed by atoms with E-state index in [1.54, 1.807) is 0 Å². The van der Waals surface area contributed by atoms with Crippen molar-refractivity contribution in [2.24, 2.45) is 11.8 Å². The molecule has 2 saturated heterocycles. The maximum atomic E-state index is 12.6. The predicted molar refractivity (Wildman–Crippen MR) is 102 cm³/mol. The van der Waals surface area contributed by atoms with Crippen LogP contribution in [0.5, 0.6) is 0 Å². The van der Waals surface area contributed by atoms with Gasteiger partial charge in [0.25, 0.3) is 0 Å². The van der Waals surface area contributed by atoms with Gasteiger partial charge in [0.2, 0.25) is 17.7 Å². The lowest BCUT2D eigenvalue weighted by Gasteiger charge is -2.42. The van der Waals surface area contributed by atoms with Crippen molar-refractivity contribution >= 4 is 11.8 Å². The first kappa shape index (κ1) is 19.4. The maximum absolute atomic E-state index is 12.6. The molecule has 154 valence electrons. The molecule has 1 saturated carbocycles. The summed E-state index contributed by atoms with van der Waals surface area (Å²) in [6.45, 7) is 5.87. The molecule has 3 heterocycles. The normalized spacial score (nSPS) is 24.3. The molecule has 2 aliphatic heterocycles. The number of nitrogens with zero attached hydrogens (tertiary/aromatic N) is 4. The second-order valence-electron chi connectivity index (χ2n) is 8.34. The van der Waals surface area contributed by atoms with Gasteiger partial charge < -0.3 is 14.7 Å². The van der Waals surface area contributed by atoms with Gasteiger partial charge >= 0.3 is 0 Å². The zero-order valence-electron chi connectivity index (χ0n) is 16.7. The van der Waals surface area contributed by atoms with Crippen LogP contribution in [0.3, 0.4) is 0 Å². The first-order valence-electron chi connectivity index (χ1n) is 10.8. The van der Waals surface area contributed by atoms with Crippen molar-refractivity contribution in [2.45, 2.75) is 64.5 Å². The van der Waals surface area contributed by atoms with Gasteiger partial charge in [0.1, 0.15) is 0 Å². The Labute approximate surface area is 166 Å². The predicted octanol–water partition coefficient (Wildman–Crippen LogP) is 1.36. The monoisotopic (exact) mass is 389 g/mol. The molecular weight excluding hydrogens is 358 g/mol. The van der Waals surface area contributed by atoms with Crippen molar-refractivity contribution in [3.05, 3.63) is 11.7 Å². The molecule has 0 spiro atoms. The number of hydrogen-bond acceptors (Lipinski definition) is 6. The fourth-order valence-corrected chi connectivity index (χ4v) is 4.41. The summed E-state index contributed by atoms with van der Waals surface area (Å²) in [5.74, 6) is 1.89. The maximum Gasteiger partial charge on any atom is 0.226 e. The Morgan fingerprint density at radius 3 is 2.57 bits per heavy atom. The summed E-state index contributed by atoms with van der Waals surface area (Å²) < 4.78 is 5.08. The van der Waals surface area contributed by atoms with Crippen LogP contribution in [0.4, 0.5) is 0 Å². The molecule has 4 rings (SSSR count). The summed E-state index contributed by atoms with van der Waals surface area (Å²) in [6, 6.07) is 0.489.